The van der Waals surface area contributed by atoms with Crippen LogP contribution in [0.2, 0.25) is 0 Å². The van der Waals surface area contributed by atoms with Crippen LogP contribution < -0.4 is 5.32 Å². The lowest BCUT2D eigenvalue weighted by Crippen LogP contribution is -2.44. The number of aromatic carboxylic acids is 1. The maximum absolute atomic E-state index is 12.2. The Hall–Kier alpha value is -1.89. The summed E-state index contributed by atoms with van der Waals surface area (Å²) in [6, 6.07) is 3.15. The minimum Gasteiger partial charge on any atom is -0.478 e. The van der Waals surface area contributed by atoms with E-state index in [-0.39, 0.29) is 11.3 Å². The average molecular weight is 313 g/mol. The van der Waals surface area contributed by atoms with Gasteiger partial charge in [-0.25, -0.2) is 13.2 Å². The number of aryl methyl sites for hydroxylation is 2. The first kappa shape index (κ1) is 17.2. The number of hydrogen-bond acceptors (Lipinski definition) is 4. The lowest BCUT2D eigenvalue weighted by molar-refractivity contribution is -0.117. The van der Waals surface area contributed by atoms with Gasteiger partial charge in [-0.15, -0.1) is 0 Å². The first-order valence-corrected chi connectivity index (χ1v) is 8.12. The Bertz CT molecular complexity index is 704. The molecule has 6 nitrogen and oxygen atoms in total. The molecule has 0 saturated carbocycles. The number of carboxylic acid groups (broad SMARTS) is 1. The maximum Gasteiger partial charge on any atom is 0.337 e. The topological polar surface area (TPSA) is 101 Å². The standard InChI is InChI=1S/C14H19NO5S/c1-8-6-9(2)11(10(7-8)12(16)17)15-13(18)14(3,4)21(5,19)20/h6-7H,1-5H3,(H,15,18)(H,16,17). The molecular formula is C14H19NO5S. The highest BCUT2D eigenvalue weighted by atomic mass is 32.2. The van der Waals surface area contributed by atoms with Crippen LogP contribution in [0.1, 0.15) is 35.3 Å². The summed E-state index contributed by atoms with van der Waals surface area (Å²) in [6.45, 7) is 5.96. The van der Waals surface area contributed by atoms with E-state index >= 15 is 0 Å². The summed E-state index contributed by atoms with van der Waals surface area (Å²) in [6.07, 6.45) is 0.965. The molecule has 0 atom stereocenters. The van der Waals surface area contributed by atoms with Gasteiger partial charge in [-0.05, 0) is 44.9 Å². The second kappa shape index (κ2) is 5.48. The van der Waals surface area contributed by atoms with Crippen molar-refractivity contribution in [2.75, 3.05) is 11.6 Å². The third-order valence-corrected chi connectivity index (χ3v) is 5.46. The first-order chi connectivity index (χ1) is 9.37. The molecule has 0 radical (unpaired) electrons. The largest absolute Gasteiger partial charge is 0.478 e. The van der Waals surface area contributed by atoms with Crippen molar-refractivity contribution in [2.24, 2.45) is 0 Å². The van der Waals surface area contributed by atoms with Crippen molar-refractivity contribution in [3.05, 3.63) is 28.8 Å². The van der Waals surface area contributed by atoms with Gasteiger partial charge in [0.1, 0.15) is 4.75 Å². The molecular weight excluding hydrogens is 294 g/mol. The second-order valence-electron chi connectivity index (χ2n) is 5.55. The van der Waals surface area contributed by atoms with E-state index in [9.17, 15) is 23.1 Å². The zero-order valence-corrected chi connectivity index (χ0v) is 13.5. The van der Waals surface area contributed by atoms with Gasteiger partial charge in [-0.2, -0.15) is 0 Å². The van der Waals surface area contributed by atoms with Gasteiger partial charge >= 0.3 is 5.97 Å². The fourth-order valence-electron chi connectivity index (χ4n) is 1.73. The zero-order valence-electron chi connectivity index (χ0n) is 12.6. The van der Waals surface area contributed by atoms with E-state index in [1.54, 1.807) is 19.9 Å². The van der Waals surface area contributed by atoms with E-state index in [2.05, 4.69) is 5.32 Å². The van der Waals surface area contributed by atoms with Crippen molar-refractivity contribution < 1.29 is 23.1 Å². The molecule has 0 aliphatic carbocycles. The fourth-order valence-corrected chi connectivity index (χ4v) is 2.12. The van der Waals surface area contributed by atoms with Crippen molar-refractivity contribution in [3.63, 3.8) is 0 Å². The summed E-state index contributed by atoms with van der Waals surface area (Å²) in [5, 5.41) is 11.7. The molecule has 0 aliphatic heterocycles. The molecule has 0 saturated heterocycles. The molecule has 0 unspecified atom stereocenters. The quantitative estimate of drug-likeness (QED) is 0.882. The van der Waals surface area contributed by atoms with Gasteiger partial charge in [-0.3, -0.25) is 4.79 Å². The number of nitrogens with one attached hydrogen (secondary N) is 1. The summed E-state index contributed by atoms with van der Waals surface area (Å²) < 4.78 is 21.7. The van der Waals surface area contributed by atoms with Gasteiger partial charge in [0.15, 0.2) is 9.84 Å². The Morgan fingerprint density at radius 1 is 1.19 bits per heavy atom. The van der Waals surface area contributed by atoms with Gasteiger partial charge in [0.05, 0.1) is 11.3 Å². The Labute approximate surface area is 124 Å². The van der Waals surface area contributed by atoms with E-state index in [1.165, 1.54) is 19.9 Å². The van der Waals surface area contributed by atoms with Crippen LogP contribution in [0.25, 0.3) is 0 Å². The van der Waals surface area contributed by atoms with Crippen LogP contribution in [0.15, 0.2) is 12.1 Å². The molecule has 0 spiro atoms. The van der Waals surface area contributed by atoms with Crippen LogP contribution in [-0.2, 0) is 14.6 Å². The summed E-state index contributed by atoms with van der Waals surface area (Å²) >= 11 is 0. The number of carbonyl (C=O) groups excluding carboxylic acids is 1. The molecule has 116 valence electrons. The maximum atomic E-state index is 12.2. The predicted octanol–water partition coefficient (Wildman–Crippen LogP) is 1.76. The average Bonchev–Trinajstić information content (AvgIpc) is 2.30. The molecule has 0 bridgehead atoms. The third-order valence-electron chi connectivity index (χ3n) is 3.42. The van der Waals surface area contributed by atoms with Crippen molar-refractivity contribution in [1.82, 2.24) is 0 Å². The number of carbonyl (C=O) groups is 2. The molecule has 0 fully saturated rings. The van der Waals surface area contributed by atoms with Crippen molar-refractivity contribution in [3.8, 4) is 0 Å². The number of sulfone groups is 1. The van der Waals surface area contributed by atoms with Gasteiger partial charge in [0.25, 0.3) is 0 Å². The summed E-state index contributed by atoms with van der Waals surface area (Å²) in [4.78, 5) is 23.5. The van der Waals surface area contributed by atoms with Crippen LogP contribution in [-0.4, -0.2) is 36.4 Å². The summed E-state index contributed by atoms with van der Waals surface area (Å²) in [5.74, 6) is -1.95. The van der Waals surface area contributed by atoms with Crippen molar-refractivity contribution in [2.45, 2.75) is 32.4 Å². The van der Waals surface area contributed by atoms with Crippen LogP contribution >= 0.6 is 0 Å². The molecule has 21 heavy (non-hydrogen) atoms. The summed E-state index contributed by atoms with van der Waals surface area (Å²) in [5.41, 5.74) is 1.36. The molecule has 1 aromatic carbocycles. The Morgan fingerprint density at radius 3 is 2.14 bits per heavy atom. The first-order valence-electron chi connectivity index (χ1n) is 6.23. The molecule has 0 aromatic heterocycles. The molecule has 0 aliphatic rings. The number of benzene rings is 1. The van der Waals surface area contributed by atoms with E-state index in [0.717, 1.165) is 11.8 Å². The Kier molecular flexibility index (Phi) is 4.48. The second-order valence-corrected chi connectivity index (χ2v) is 8.11. The minimum absolute atomic E-state index is 0.0647. The highest BCUT2D eigenvalue weighted by molar-refractivity contribution is 7.92. The van der Waals surface area contributed by atoms with E-state index in [0.29, 0.717) is 5.56 Å². The van der Waals surface area contributed by atoms with Gasteiger partial charge in [0, 0.05) is 6.26 Å². The van der Waals surface area contributed by atoms with Gasteiger partial charge in [-0.1, -0.05) is 6.07 Å². The number of amides is 1. The van der Waals surface area contributed by atoms with Gasteiger partial charge in [0.2, 0.25) is 5.91 Å². The molecule has 2 N–H and O–H groups in total. The van der Waals surface area contributed by atoms with Crippen molar-refractivity contribution >= 4 is 27.4 Å². The van der Waals surface area contributed by atoms with Crippen LogP contribution in [0.5, 0.6) is 0 Å². The summed E-state index contributed by atoms with van der Waals surface area (Å²) in [7, 11) is -3.64. The normalized spacial score (nSPS) is 12.0. The highest BCUT2D eigenvalue weighted by Crippen LogP contribution is 2.25. The van der Waals surface area contributed by atoms with Crippen LogP contribution in [0.3, 0.4) is 0 Å². The highest BCUT2D eigenvalue weighted by Gasteiger charge is 2.39. The zero-order chi connectivity index (χ0) is 16.6. The number of rotatable bonds is 4. The smallest absolute Gasteiger partial charge is 0.337 e. The van der Waals surface area contributed by atoms with Crippen LogP contribution in [0, 0.1) is 13.8 Å². The van der Waals surface area contributed by atoms with Gasteiger partial charge < -0.3 is 10.4 Å². The molecule has 1 amide bonds. The molecule has 7 heteroatoms. The number of carboxylic acids is 1. The number of hydrogen-bond donors (Lipinski definition) is 2. The lowest BCUT2D eigenvalue weighted by atomic mass is 10.0. The lowest BCUT2D eigenvalue weighted by Gasteiger charge is -2.23. The van der Waals surface area contributed by atoms with E-state index in [4.69, 9.17) is 0 Å². The van der Waals surface area contributed by atoms with E-state index in [1.807, 2.05) is 0 Å². The van der Waals surface area contributed by atoms with Crippen LogP contribution in [0.4, 0.5) is 5.69 Å². The molecule has 1 rings (SSSR count). The monoisotopic (exact) mass is 313 g/mol. The molecule has 0 heterocycles. The van der Waals surface area contributed by atoms with E-state index < -0.39 is 26.5 Å². The third kappa shape index (κ3) is 3.41. The SMILES string of the molecule is Cc1cc(C)c(NC(=O)C(C)(C)S(C)(=O)=O)c(C(=O)O)c1. The minimum atomic E-state index is -3.64. The van der Waals surface area contributed by atoms with Crippen molar-refractivity contribution in [1.29, 1.82) is 0 Å². The Morgan fingerprint density at radius 2 is 1.71 bits per heavy atom. The predicted molar refractivity (Wildman–Crippen MR) is 80.4 cm³/mol. The Balaban J connectivity index is 3.33. The number of anilines is 1. The molecule has 1 aromatic rings. The fraction of sp³-hybridized carbons (Fsp3) is 0.429.